The Kier molecular flexibility index (Phi) is 5.82. The summed E-state index contributed by atoms with van der Waals surface area (Å²) in [6, 6.07) is 19.3. The normalized spacial score (nSPS) is 16.3. The Morgan fingerprint density at radius 2 is 1.62 bits per heavy atom. The van der Waals surface area contributed by atoms with Crippen LogP contribution in [0.25, 0.3) is 0 Å². The fourth-order valence-electron chi connectivity index (χ4n) is 2.81. The third-order valence-corrected chi connectivity index (χ3v) is 4.08. The number of morpholine rings is 1. The maximum absolute atomic E-state index is 12.4. The lowest BCUT2D eigenvalue weighted by Crippen LogP contribution is -2.44. The van der Waals surface area contributed by atoms with E-state index in [1.807, 2.05) is 60.7 Å². The minimum absolute atomic E-state index is 0.0620. The van der Waals surface area contributed by atoms with E-state index in [1.54, 1.807) is 0 Å². The first kappa shape index (κ1) is 16.5. The molecule has 0 saturated carbocycles. The monoisotopic (exact) mass is 325 g/mol. The zero-order valence-corrected chi connectivity index (χ0v) is 13.7. The van der Waals surface area contributed by atoms with E-state index >= 15 is 0 Å². The van der Waals surface area contributed by atoms with Gasteiger partial charge in [-0.25, -0.2) is 4.79 Å². The van der Waals surface area contributed by atoms with E-state index in [-0.39, 0.29) is 12.1 Å². The first-order chi connectivity index (χ1) is 11.8. The molecule has 1 fully saturated rings. The Hall–Kier alpha value is -2.37. The number of benzene rings is 2. The van der Waals surface area contributed by atoms with Gasteiger partial charge in [0, 0.05) is 25.3 Å². The number of urea groups is 1. The van der Waals surface area contributed by atoms with Crippen molar-refractivity contribution >= 4 is 11.7 Å². The van der Waals surface area contributed by atoms with E-state index in [1.165, 1.54) is 0 Å². The maximum Gasteiger partial charge on any atom is 0.319 e. The molecule has 5 heteroatoms. The van der Waals surface area contributed by atoms with Gasteiger partial charge in [-0.3, -0.25) is 4.90 Å². The van der Waals surface area contributed by atoms with Gasteiger partial charge in [-0.2, -0.15) is 0 Å². The van der Waals surface area contributed by atoms with Crippen LogP contribution in [0.2, 0.25) is 0 Å². The lowest BCUT2D eigenvalue weighted by molar-refractivity contribution is 0.0340. The van der Waals surface area contributed by atoms with E-state index in [0.717, 1.165) is 44.1 Å². The van der Waals surface area contributed by atoms with Crippen LogP contribution in [-0.4, -0.2) is 43.8 Å². The van der Waals surface area contributed by atoms with Crippen molar-refractivity contribution in [3.8, 4) is 0 Å². The van der Waals surface area contributed by atoms with Gasteiger partial charge in [0.1, 0.15) is 0 Å². The number of ether oxygens (including phenoxy) is 1. The fraction of sp³-hybridized carbons (Fsp3) is 0.316. The molecule has 0 radical (unpaired) electrons. The summed E-state index contributed by atoms with van der Waals surface area (Å²) in [7, 11) is 0. The van der Waals surface area contributed by atoms with Gasteiger partial charge in [0.15, 0.2) is 0 Å². The van der Waals surface area contributed by atoms with Gasteiger partial charge < -0.3 is 15.4 Å². The van der Waals surface area contributed by atoms with Crippen LogP contribution in [0.15, 0.2) is 60.7 Å². The second kappa shape index (κ2) is 8.47. The summed E-state index contributed by atoms with van der Waals surface area (Å²) in [6.45, 7) is 4.06. The summed E-state index contributed by atoms with van der Waals surface area (Å²) >= 11 is 0. The van der Waals surface area contributed by atoms with Crippen molar-refractivity contribution in [2.45, 2.75) is 6.04 Å². The molecule has 2 aromatic rings. The van der Waals surface area contributed by atoms with E-state index in [4.69, 9.17) is 4.74 Å². The van der Waals surface area contributed by atoms with Gasteiger partial charge in [-0.1, -0.05) is 48.5 Å². The molecule has 0 spiro atoms. The molecule has 1 saturated heterocycles. The Labute approximate surface area is 142 Å². The number of carbonyl (C=O) groups is 1. The molecule has 126 valence electrons. The van der Waals surface area contributed by atoms with Crippen LogP contribution in [0.3, 0.4) is 0 Å². The van der Waals surface area contributed by atoms with Gasteiger partial charge in [0.25, 0.3) is 0 Å². The number of hydrogen-bond acceptors (Lipinski definition) is 3. The second-order valence-electron chi connectivity index (χ2n) is 5.84. The van der Waals surface area contributed by atoms with Crippen LogP contribution in [0, 0.1) is 0 Å². The van der Waals surface area contributed by atoms with Crippen molar-refractivity contribution in [2.75, 3.05) is 38.2 Å². The first-order valence-corrected chi connectivity index (χ1v) is 8.29. The number of nitrogens with one attached hydrogen (secondary N) is 2. The molecule has 1 atom stereocenters. The average molecular weight is 325 g/mol. The minimum atomic E-state index is -0.191. The second-order valence-corrected chi connectivity index (χ2v) is 5.84. The third kappa shape index (κ3) is 4.81. The van der Waals surface area contributed by atoms with Gasteiger partial charge in [-0.05, 0) is 17.7 Å². The highest BCUT2D eigenvalue weighted by molar-refractivity contribution is 5.89. The minimum Gasteiger partial charge on any atom is -0.379 e. The molecule has 2 amide bonds. The average Bonchev–Trinajstić information content (AvgIpc) is 2.63. The van der Waals surface area contributed by atoms with Crippen LogP contribution in [0.1, 0.15) is 11.6 Å². The zero-order chi connectivity index (χ0) is 16.6. The molecule has 5 nitrogen and oxygen atoms in total. The standard InChI is InChI=1S/C19H23N3O2/c23-19(20-17-9-5-2-6-10-17)21-18(16-7-3-1-4-8-16)15-22-11-13-24-14-12-22/h1-10,18H,11-15H2,(H2,20,21,23). The topological polar surface area (TPSA) is 53.6 Å². The zero-order valence-electron chi connectivity index (χ0n) is 13.7. The maximum atomic E-state index is 12.4. The van der Waals surface area contributed by atoms with Gasteiger partial charge >= 0.3 is 6.03 Å². The van der Waals surface area contributed by atoms with Crippen molar-refractivity contribution in [3.05, 3.63) is 66.2 Å². The largest absolute Gasteiger partial charge is 0.379 e. The van der Waals surface area contributed by atoms with Crippen molar-refractivity contribution in [1.29, 1.82) is 0 Å². The molecule has 1 aliphatic rings. The summed E-state index contributed by atoms with van der Waals surface area (Å²) in [4.78, 5) is 14.7. The predicted molar refractivity (Wildman–Crippen MR) is 95.0 cm³/mol. The molecule has 24 heavy (non-hydrogen) atoms. The highest BCUT2D eigenvalue weighted by atomic mass is 16.5. The number of carbonyl (C=O) groups excluding carboxylic acids is 1. The van der Waals surface area contributed by atoms with Crippen molar-refractivity contribution in [2.24, 2.45) is 0 Å². The number of hydrogen-bond donors (Lipinski definition) is 2. The molecule has 2 aromatic carbocycles. The summed E-state index contributed by atoms with van der Waals surface area (Å²) in [6.07, 6.45) is 0. The molecule has 1 unspecified atom stereocenters. The van der Waals surface area contributed by atoms with E-state index in [0.29, 0.717) is 0 Å². The van der Waals surface area contributed by atoms with E-state index in [9.17, 15) is 4.79 Å². The Morgan fingerprint density at radius 1 is 1.00 bits per heavy atom. The molecule has 2 N–H and O–H groups in total. The van der Waals surface area contributed by atoms with Crippen molar-refractivity contribution < 1.29 is 9.53 Å². The first-order valence-electron chi connectivity index (χ1n) is 8.29. The third-order valence-electron chi connectivity index (χ3n) is 4.08. The number of rotatable bonds is 5. The Bertz CT molecular complexity index is 628. The lowest BCUT2D eigenvalue weighted by Gasteiger charge is -2.31. The van der Waals surface area contributed by atoms with Gasteiger partial charge in [-0.15, -0.1) is 0 Å². The van der Waals surface area contributed by atoms with Crippen LogP contribution < -0.4 is 10.6 Å². The molecule has 1 heterocycles. The van der Waals surface area contributed by atoms with Crippen LogP contribution >= 0.6 is 0 Å². The number of anilines is 1. The van der Waals surface area contributed by atoms with Gasteiger partial charge in [0.05, 0.1) is 19.3 Å². The number of nitrogens with zero attached hydrogens (tertiary/aromatic N) is 1. The predicted octanol–water partition coefficient (Wildman–Crippen LogP) is 2.88. The summed E-state index contributed by atoms with van der Waals surface area (Å²) in [5.74, 6) is 0. The molecular formula is C19H23N3O2. The van der Waals surface area contributed by atoms with E-state index in [2.05, 4.69) is 15.5 Å². The SMILES string of the molecule is O=C(Nc1ccccc1)NC(CN1CCOCC1)c1ccccc1. The Balaban J connectivity index is 1.66. The summed E-state index contributed by atoms with van der Waals surface area (Å²) in [5, 5.41) is 5.98. The quantitative estimate of drug-likeness (QED) is 0.889. The highest BCUT2D eigenvalue weighted by Crippen LogP contribution is 2.16. The summed E-state index contributed by atoms with van der Waals surface area (Å²) < 4.78 is 5.41. The molecule has 0 bridgehead atoms. The summed E-state index contributed by atoms with van der Waals surface area (Å²) in [5.41, 5.74) is 1.89. The molecular weight excluding hydrogens is 302 g/mol. The van der Waals surface area contributed by atoms with Crippen LogP contribution in [0.4, 0.5) is 10.5 Å². The fourth-order valence-corrected chi connectivity index (χ4v) is 2.81. The lowest BCUT2D eigenvalue weighted by atomic mass is 10.1. The van der Waals surface area contributed by atoms with Crippen molar-refractivity contribution in [3.63, 3.8) is 0 Å². The van der Waals surface area contributed by atoms with Gasteiger partial charge in [0.2, 0.25) is 0 Å². The molecule has 1 aliphatic heterocycles. The molecule has 0 aromatic heterocycles. The van der Waals surface area contributed by atoms with Crippen molar-refractivity contribution in [1.82, 2.24) is 10.2 Å². The van der Waals surface area contributed by atoms with E-state index < -0.39 is 0 Å². The molecule has 3 rings (SSSR count). The Morgan fingerprint density at radius 3 is 2.29 bits per heavy atom. The number of para-hydroxylation sites is 1. The smallest absolute Gasteiger partial charge is 0.319 e. The van der Waals surface area contributed by atoms with Crippen LogP contribution in [-0.2, 0) is 4.74 Å². The highest BCUT2D eigenvalue weighted by Gasteiger charge is 2.20. The number of amides is 2. The molecule has 0 aliphatic carbocycles. The van der Waals surface area contributed by atoms with Crippen LogP contribution in [0.5, 0.6) is 0 Å².